The van der Waals surface area contributed by atoms with E-state index in [-0.39, 0.29) is 16.7 Å². The Hall–Kier alpha value is -1.81. The Morgan fingerprint density at radius 2 is 1.71 bits per heavy atom. The molecule has 2 atom stereocenters. The number of carbonyl (C=O) groups is 1. The van der Waals surface area contributed by atoms with Gasteiger partial charge in [-0.3, -0.25) is 4.79 Å². The van der Waals surface area contributed by atoms with Crippen molar-refractivity contribution < 1.29 is 9.53 Å². The third kappa shape index (κ3) is 4.08. The molecule has 0 aromatic heterocycles. The van der Waals surface area contributed by atoms with Gasteiger partial charge in [0.2, 0.25) is 5.91 Å². The summed E-state index contributed by atoms with van der Waals surface area (Å²) < 4.78 is 5.10. The van der Waals surface area contributed by atoms with Crippen LogP contribution in [0.25, 0.3) is 0 Å². The summed E-state index contributed by atoms with van der Waals surface area (Å²) in [4.78, 5) is 12.3. The van der Waals surface area contributed by atoms with Crippen molar-refractivity contribution in [3.63, 3.8) is 0 Å². The lowest BCUT2D eigenvalue weighted by Gasteiger charge is -2.18. The van der Waals surface area contributed by atoms with E-state index in [2.05, 4.69) is 21.2 Å². The highest BCUT2D eigenvalue weighted by Crippen LogP contribution is 2.31. The van der Waals surface area contributed by atoms with E-state index in [9.17, 15) is 4.79 Å². The van der Waals surface area contributed by atoms with Crippen LogP contribution in [0, 0.1) is 5.92 Å². The van der Waals surface area contributed by atoms with Crippen molar-refractivity contribution in [1.82, 2.24) is 0 Å². The zero-order valence-electron chi connectivity index (χ0n) is 12.0. The summed E-state index contributed by atoms with van der Waals surface area (Å²) in [6.07, 6.45) is 0. The molecule has 0 radical (unpaired) electrons. The number of rotatable bonds is 5. The largest absolute Gasteiger partial charge is 0.497 e. The first-order chi connectivity index (χ1) is 10.1. The van der Waals surface area contributed by atoms with Crippen LogP contribution in [0.5, 0.6) is 5.75 Å². The number of carbonyl (C=O) groups excluding carboxylic acids is 1. The van der Waals surface area contributed by atoms with E-state index in [1.807, 2.05) is 61.5 Å². The molecule has 0 aliphatic rings. The van der Waals surface area contributed by atoms with Gasteiger partial charge >= 0.3 is 0 Å². The molecule has 0 aliphatic heterocycles. The van der Waals surface area contributed by atoms with Crippen LogP contribution in [-0.2, 0) is 4.79 Å². The molecule has 0 heterocycles. The van der Waals surface area contributed by atoms with Crippen LogP contribution in [-0.4, -0.2) is 13.0 Å². The molecule has 2 aromatic rings. The quantitative estimate of drug-likeness (QED) is 0.813. The average molecular weight is 348 g/mol. The molecule has 1 N–H and O–H groups in total. The van der Waals surface area contributed by atoms with Crippen LogP contribution in [0.1, 0.15) is 17.3 Å². The molecule has 0 saturated carbocycles. The van der Waals surface area contributed by atoms with Gasteiger partial charge in [0.1, 0.15) is 5.75 Å². The Morgan fingerprint density at radius 1 is 1.10 bits per heavy atom. The second-order valence-corrected chi connectivity index (χ2v) is 5.81. The SMILES string of the molecule is COc1ccc(NC(=O)[C@H](C)[C@H](Br)c2ccccc2)cc1. The van der Waals surface area contributed by atoms with E-state index >= 15 is 0 Å². The van der Waals surface area contributed by atoms with Crippen LogP contribution in [0.15, 0.2) is 54.6 Å². The second-order valence-electron chi connectivity index (χ2n) is 4.82. The molecular formula is C17H18BrNO2. The van der Waals surface area contributed by atoms with Crippen molar-refractivity contribution in [2.24, 2.45) is 5.92 Å². The van der Waals surface area contributed by atoms with Crippen LogP contribution in [0.4, 0.5) is 5.69 Å². The number of alkyl halides is 1. The summed E-state index contributed by atoms with van der Waals surface area (Å²) in [5.74, 6) is 0.559. The van der Waals surface area contributed by atoms with Crippen molar-refractivity contribution in [2.45, 2.75) is 11.8 Å². The summed E-state index contributed by atoms with van der Waals surface area (Å²) in [5, 5.41) is 2.92. The molecule has 0 saturated heterocycles. The Kier molecular flexibility index (Phi) is 5.39. The van der Waals surface area contributed by atoms with Gasteiger partial charge in [-0.05, 0) is 29.8 Å². The van der Waals surface area contributed by atoms with E-state index in [1.54, 1.807) is 7.11 Å². The topological polar surface area (TPSA) is 38.3 Å². The minimum Gasteiger partial charge on any atom is -0.497 e. The lowest BCUT2D eigenvalue weighted by molar-refractivity contribution is -0.119. The minimum absolute atomic E-state index is 0.0167. The molecule has 3 nitrogen and oxygen atoms in total. The predicted molar refractivity (Wildman–Crippen MR) is 88.9 cm³/mol. The maximum Gasteiger partial charge on any atom is 0.228 e. The van der Waals surface area contributed by atoms with E-state index in [0.29, 0.717) is 0 Å². The normalized spacial score (nSPS) is 13.3. The highest BCUT2D eigenvalue weighted by molar-refractivity contribution is 9.09. The summed E-state index contributed by atoms with van der Waals surface area (Å²) in [5.41, 5.74) is 1.86. The maximum absolute atomic E-state index is 12.3. The van der Waals surface area contributed by atoms with Gasteiger partial charge in [-0.15, -0.1) is 0 Å². The fourth-order valence-corrected chi connectivity index (χ4v) is 2.53. The lowest BCUT2D eigenvalue weighted by Crippen LogP contribution is -2.23. The highest BCUT2D eigenvalue weighted by atomic mass is 79.9. The van der Waals surface area contributed by atoms with Gasteiger partial charge in [-0.25, -0.2) is 0 Å². The van der Waals surface area contributed by atoms with Crippen molar-refractivity contribution in [1.29, 1.82) is 0 Å². The predicted octanol–water partition coefficient (Wildman–Crippen LogP) is 4.41. The van der Waals surface area contributed by atoms with Crippen LogP contribution < -0.4 is 10.1 Å². The molecule has 2 aromatic carbocycles. The summed E-state index contributed by atoms with van der Waals surface area (Å²) in [6.45, 7) is 1.91. The number of methoxy groups -OCH3 is 1. The van der Waals surface area contributed by atoms with Crippen molar-refractivity contribution in [2.75, 3.05) is 12.4 Å². The summed E-state index contributed by atoms with van der Waals surface area (Å²) >= 11 is 3.61. The first-order valence-electron chi connectivity index (χ1n) is 6.75. The van der Waals surface area contributed by atoms with Gasteiger partial charge < -0.3 is 10.1 Å². The number of ether oxygens (including phenoxy) is 1. The molecule has 0 spiro atoms. The third-order valence-electron chi connectivity index (χ3n) is 3.33. The minimum atomic E-state index is -0.186. The Labute approximate surface area is 133 Å². The molecule has 0 unspecified atom stereocenters. The van der Waals surface area contributed by atoms with Gasteiger partial charge in [-0.1, -0.05) is 53.2 Å². The number of nitrogens with one attached hydrogen (secondary N) is 1. The molecule has 4 heteroatoms. The Bertz CT molecular complexity index is 583. The van der Waals surface area contributed by atoms with E-state index in [1.165, 1.54) is 0 Å². The van der Waals surface area contributed by atoms with Gasteiger partial charge in [0.25, 0.3) is 0 Å². The second kappa shape index (κ2) is 7.27. The summed E-state index contributed by atoms with van der Waals surface area (Å²) in [7, 11) is 1.62. The number of hydrogen-bond donors (Lipinski definition) is 1. The van der Waals surface area contributed by atoms with Crippen molar-refractivity contribution >= 4 is 27.5 Å². The molecule has 21 heavy (non-hydrogen) atoms. The standard InChI is InChI=1S/C17H18BrNO2/c1-12(16(18)13-6-4-3-5-7-13)17(20)19-14-8-10-15(21-2)11-9-14/h3-12,16H,1-2H3,(H,19,20)/t12-,16+/m1/s1. The van der Waals surface area contributed by atoms with Crippen LogP contribution in [0.3, 0.4) is 0 Å². The first kappa shape index (κ1) is 15.6. The summed E-state index contributed by atoms with van der Waals surface area (Å²) in [6, 6.07) is 17.2. The van der Waals surface area contributed by atoms with Crippen molar-refractivity contribution in [3.8, 4) is 5.75 Å². The Balaban J connectivity index is 2.01. The van der Waals surface area contributed by atoms with E-state index < -0.39 is 0 Å². The fourth-order valence-electron chi connectivity index (χ4n) is 1.99. The number of halogens is 1. The van der Waals surface area contributed by atoms with Gasteiger partial charge in [0.15, 0.2) is 0 Å². The van der Waals surface area contributed by atoms with Gasteiger partial charge in [0, 0.05) is 5.69 Å². The molecule has 0 fully saturated rings. The fraction of sp³-hybridized carbons (Fsp3) is 0.235. The molecule has 0 aliphatic carbocycles. The molecule has 110 valence electrons. The highest BCUT2D eigenvalue weighted by Gasteiger charge is 2.23. The van der Waals surface area contributed by atoms with Gasteiger partial charge in [-0.2, -0.15) is 0 Å². The molecular weight excluding hydrogens is 330 g/mol. The van der Waals surface area contributed by atoms with Gasteiger partial charge in [0.05, 0.1) is 17.9 Å². The number of hydrogen-bond acceptors (Lipinski definition) is 2. The molecule has 0 bridgehead atoms. The van der Waals surface area contributed by atoms with Crippen molar-refractivity contribution in [3.05, 3.63) is 60.2 Å². The average Bonchev–Trinajstić information content (AvgIpc) is 2.55. The monoisotopic (exact) mass is 347 g/mol. The van der Waals surface area contributed by atoms with Crippen LogP contribution in [0.2, 0.25) is 0 Å². The molecule has 2 rings (SSSR count). The number of anilines is 1. The molecule has 1 amide bonds. The van der Waals surface area contributed by atoms with E-state index in [0.717, 1.165) is 17.0 Å². The maximum atomic E-state index is 12.3. The Morgan fingerprint density at radius 3 is 2.29 bits per heavy atom. The zero-order valence-corrected chi connectivity index (χ0v) is 13.6. The lowest BCUT2D eigenvalue weighted by atomic mass is 10.00. The first-order valence-corrected chi connectivity index (χ1v) is 7.67. The van der Waals surface area contributed by atoms with Crippen LogP contribution >= 0.6 is 15.9 Å². The van der Waals surface area contributed by atoms with E-state index in [4.69, 9.17) is 4.74 Å². The zero-order chi connectivity index (χ0) is 15.2. The number of amides is 1. The third-order valence-corrected chi connectivity index (χ3v) is 4.65. The smallest absolute Gasteiger partial charge is 0.228 e. The number of benzene rings is 2.